The van der Waals surface area contributed by atoms with Gasteiger partial charge in [-0.05, 0) is 12.1 Å². The first-order valence-electron chi connectivity index (χ1n) is 4.29. The van der Waals surface area contributed by atoms with Crippen LogP contribution >= 0.6 is 0 Å². The molecule has 88 valence electrons. The normalized spacial score (nSPS) is 10.2. The molecular formula is C9H11NO5S. The van der Waals surface area contributed by atoms with Crippen molar-refractivity contribution >= 4 is 22.6 Å². The summed E-state index contributed by atoms with van der Waals surface area (Å²) in [5, 5.41) is 0.984. The first-order chi connectivity index (χ1) is 7.56. The molecule has 0 bridgehead atoms. The highest BCUT2D eigenvalue weighted by Crippen LogP contribution is 2.20. The Bertz CT molecular complexity index is 449. The predicted molar refractivity (Wildman–Crippen MR) is 57.6 cm³/mol. The average molecular weight is 245 g/mol. The van der Waals surface area contributed by atoms with Gasteiger partial charge in [0, 0.05) is 7.05 Å². The minimum Gasteiger partial charge on any atom is -0.465 e. The fraction of sp³-hybridized carbons (Fsp3) is 0.222. The molecule has 0 N–H and O–H groups in total. The summed E-state index contributed by atoms with van der Waals surface area (Å²) in [7, 11) is -0.400. The maximum Gasteiger partial charge on any atom is 0.340 e. The van der Waals surface area contributed by atoms with Gasteiger partial charge in [-0.15, -0.1) is 0 Å². The van der Waals surface area contributed by atoms with E-state index in [-0.39, 0.29) is 5.56 Å². The number of carbonyl (C=O) groups excluding carboxylic acids is 1. The Labute approximate surface area is 94.5 Å². The monoisotopic (exact) mass is 245 g/mol. The Kier molecular flexibility index (Phi) is 4.27. The second kappa shape index (κ2) is 5.47. The fourth-order valence-electron chi connectivity index (χ4n) is 1.17. The van der Waals surface area contributed by atoms with Gasteiger partial charge in [0.05, 0.1) is 18.4 Å². The molecule has 0 radical (unpaired) electrons. The van der Waals surface area contributed by atoms with Gasteiger partial charge in [0.15, 0.2) is 0 Å². The third-order valence-electron chi connectivity index (χ3n) is 1.84. The highest BCUT2D eigenvalue weighted by atomic mass is 32.2. The number of hydroxylamine groups is 1. The van der Waals surface area contributed by atoms with Crippen LogP contribution in [0.1, 0.15) is 10.4 Å². The van der Waals surface area contributed by atoms with Crippen LogP contribution in [0, 0.1) is 0 Å². The Morgan fingerprint density at radius 1 is 1.31 bits per heavy atom. The van der Waals surface area contributed by atoms with Crippen molar-refractivity contribution in [1.82, 2.24) is 0 Å². The van der Waals surface area contributed by atoms with E-state index in [4.69, 9.17) is 0 Å². The third kappa shape index (κ3) is 2.94. The number of hydrogen-bond acceptors (Lipinski definition) is 6. The molecule has 7 heteroatoms. The molecule has 1 aromatic rings. The molecule has 0 aliphatic heterocycles. The van der Waals surface area contributed by atoms with Crippen LogP contribution < -0.4 is 5.06 Å². The van der Waals surface area contributed by atoms with Gasteiger partial charge in [-0.2, -0.15) is 4.28 Å². The summed E-state index contributed by atoms with van der Waals surface area (Å²) in [4.78, 5) is 11.4. The van der Waals surface area contributed by atoms with Crippen LogP contribution in [0.3, 0.4) is 0 Å². The van der Waals surface area contributed by atoms with Gasteiger partial charge < -0.3 is 4.74 Å². The smallest absolute Gasteiger partial charge is 0.340 e. The van der Waals surface area contributed by atoms with E-state index in [0.29, 0.717) is 5.69 Å². The van der Waals surface area contributed by atoms with Crippen molar-refractivity contribution in [2.45, 2.75) is 0 Å². The Hall–Kier alpha value is -1.60. The zero-order valence-electron chi connectivity index (χ0n) is 8.75. The van der Waals surface area contributed by atoms with Crippen molar-refractivity contribution in [3.05, 3.63) is 29.8 Å². The maximum atomic E-state index is 11.4. The summed E-state index contributed by atoms with van der Waals surface area (Å²) in [5.41, 5.74) is 0.540. The molecule has 1 aromatic carbocycles. The summed E-state index contributed by atoms with van der Waals surface area (Å²) >= 11 is 0. The summed E-state index contributed by atoms with van der Waals surface area (Å²) < 4.78 is 29.8. The molecule has 0 amide bonds. The molecule has 0 heterocycles. The van der Waals surface area contributed by atoms with Gasteiger partial charge in [-0.3, -0.25) is 0 Å². The third-order valence-corrected chi connectivity index (χ3v) is 2.22. The largest absolute Gasteiger partial charge is 0.465 e. The lowest BCUT2D eigenvalue weighted by atomic mass is 10.2. The van der Waals surface area contributed by atoms with Gasteiger partial charge in [0.1, 0.15) is 0 Å². The van der Waals surface area contributed by atoms with E-state index in [9.17, 15) is 13.2 Å². The molecule has 0 saturated heterocycles. The number of benzene rings is 1. The number of hydrogen-bond donors (Lipinski definition) is 1. The lowest BCUT2D eigenvalue weighted by Gasteiger charge is -2.16. The molecule has 0 atom stereocenters. The maximum absolute atomic E-state index is 11.4. The number of thiol groups is 1. The lowest BCUT2D eigenvalue weighted by Crippen LogP contribution is -2.20. The first-order valence-corrected chi connectivity index (χ1v) is 5.39. The molecule has 0 aliphatic rings. The number of nitrogens with zero attached hydrogens (tertiary/aromatic N) is 1. The molecule has 0 aromatic heterocycles. The Morgan fingerprint density at radius 3 is 2.50 bits per heavy atom. The van der Waals surface area contributed by atoms with Crippen molar-refractivity contribution in [2.75, 3.05) is 19.2 Å². The number of carbonyl (C=O) groups is 1. The van der Waals surface area contributed by atoms with E-state index >= 15 is 0 Å². The average Bonchev–Trinajstić information content (AvgIpc) is 2.27. The lowest BCUT2D eigenvalue weighted by molar-refractivity contribution is 0.0600. The molecule has 0 spiro atoms. The van der Waals surface area contributed by atoms with Crippen LogP contribution in [0.2, 0.25) is 0 Å². The number of para-hydroxylation sites is 1. The first kappa shape index (κ1) is 12.5. The number of ether oxygens (including phenoxy) is 1. The van der Waals surface area contributed by atoms with E-state index < -0.39 is 17.0 Å². The summed E-state index contributed by atoms with van der Waals surface area (Å²) in [6.07, 6.45) is 0. The number of methoxy groups -OCH3 is 1. The minimum absolute atomic E-state index is 0.226. The van der Waals surface area contributed by atoms with Crippen LogP contribution in [-0.4, -0.2) is 28.5 Å². The summed E-state index contributed by atoms with van der Waals surface area (Å²) in [5.74, 6) is -0.563. The fourth-order valence-corrected chi connectivity index (χ4v) is 1.46. The second-order valence-electron chi connectivity index (χ2n) is 2.81. The Morgan fingerprint density at radius 2 is 1.94 bits per heavy atom. The van der Waals surface area contributed by atoms with Crippen LogP contribution in [-0.2, 0) is 20.0 Å². The molecule has 0 fully saturated rings. The standard InChI is InChI=1S/C9H11NO5S/c1-10(15-16(12)13)8-6-4-3-5-7(8)9(11)14-2/h3-6,16H,1-2H3. The van der Waals surface area contributed by atoms with Crippen LogP contribution in [0.25, 0.3) is 0 Å². The number of anilines is 1. The molecule has 0 aliphatic carbocycles. The van der Waals surface area contributed by atoms with E-state index in [1.54, 1.807) is 18.2 Å². The van der Waals surface area contributed by atoms with Crippen molar-refractivity contribution in [3.63, 3.8) is 0 Å². The van der Waals surface area contributed by atoms with E-state index in [1.165, 1.54) is 20.2 Å². The zero-order chi connectivity index (χ0) is 12.1. The second-order valence-corrected chi connectivity index (χ2v) is 3.42. The molecule has 0 saturated carbocycles. The van der Waals surface area contributed by atoms with E-state index in [2.05, 4.69) is 9.02 Å². The van der Waals surface area contributed by atoms with Gasteiger partial charge in [0.2, 0.25) is 0 Å². The van der Waals surface area contributed by atoms with Gasteiger partial charge in [-0.1, -0.05) is 12.1 Å². The van der Waals surface area contributed by atoms with Gasteiger partial charge in [0.25, 0.3) is 11.0 Å². The molecular weight excluding hydrogens is 234 g/mol. The van der Waals surface area contributed by atoms with Gasteiger partial charge >= 0.3 is 5.97 Å². The number of rotatable bonds is 4. The van der Waals surface area contributed by atoms with Crippen molar-refractivity contribution in [3.8, 4) is 0 Å². The van der Waals surface area contributed by atoms with Crippen LogP contribution in [0.5, 0.6) is 0 Å². The van der Waals surface area contributed by atoms with Crippen molar-refractivity contribution in [1.29, 1.82) is 0 Å². The van der Waals surface area contributed by atoms with Crippen molar-refractivity contribution < 1.29 is 22.2 Å². The zero-order valence-corrected chi connectivity index (χ0v) is 9.64. The highest BCUT2D eigenvalue weighted by molar-refractivity contribution is 7.67. The topological polar surface area (TPSA) is 72.9 Å². The Balaban J connectivity index is 3.07. The predicted octanol–water partition coefficient (Wildman–Crippen LogP) is 0.367. The molecule has 1 rings (SSSR count). The quantitative estimate of drug-likeness (QED) is 0.469. The highest BCUT2D eigenvalue weighted by Gasteiger charge is 2.14. The number of esters is 1. The molecule has 6 nitrogen and oxygen atoms in total. The van der Waals surface area contributed by atoms with Crippen molar-refractivity contribution in [2.24, 2.45) is 0 Å². The van der Waals surface area contributed by atoms with Gasteiger partial charge in [-0.25, -0.2) is 18.3 Å². The SMILES string of the molecule is COC(=O)c1ccccc1N(C)O[SH](=O)=O. The minimum atomic E-state index is -3.03. The molecule has 16 heavy (non-hydrogen) atoms. The molecule has 0 unspecified atom stereocenters. The summed E-state index contributed by atoms with van der Waals surface area (Å²) in [6, 6.07) is 6.35. The van der Waals surface area contributed by atoms with Crippen LogP contribution in [0.15, 0.2) is 24.3 Å². The van der Waals surface area contributed by atoms with Crippen LogP contribution in [0.4, 0.5) is 5.69 Å². The van der Waals surface area contributed by atoms with E-state index in [0.717, 1.165) is 5.06 Å². The summed E-state index contributed by atoms with van der Waals surface area (Å²) in [6.45, 7) is 0. The van der Waals surface area contributed by atoms with E-state index in [1.807, 2.05) is 0 Å².